The van der Waals surface area contributed by atoms with Crippen molar-refractivity contribution >= 4 is 27.8 Å². The third-order valence-corrected chi connectivity index (χ3v) is 4.26. The summed E-state index contributed by atoms with van der Waals surface area (Å²) in [6.45, 7) is -0.393. The highest BCUT2D eigenvalue weighted by atomic mass is 79.9. The quantitative estimate of drug-likeness (QED) is 0.884. The molecule has 1 saturated heterocycles. The average Bonchev–Trinajstić information content (AvgIpc) is 3.14. The maximum absolute atomic E-state index is 14.1. The van der Waals surface area contributed by atoms with Crippen molar-refractivity contribution in [2.45, 2.75) is 12.1 Å². The highest BCUT2D eigenvalue weighted by Gasteiger charge is 2.47. The summed E-state index contributed by atoms with van der Waals surface area (Å²) in [5.74, 6) is -2.01. The number of carboxylic acid groups (broad SMARTS) is 1. The molecular weight excluding hydrogens is 369 g/mol. The lowest BCUT2D eigenvalue weighted by molar-refractivity contribution is -0.149. The molecule has 1 N–H and O–H groups in total. The first-order valence-corrected chi connectivity index (χ1v) is 7.71. The van der Waals surface area contributed by atoms with Crippen LogP contribution in [0.15, 0.2) is 41.0 Å². The van der Waals surface area contributed by atoms with E-state index in [2.05, 4.69) is 21.0 Å². The van der Waals surface area contributed by atoms with Crippen molar-refractivity contribution in [3.05, 3.63) is 46.7 Å². The minimum absolute atomic E-state index is 0.0609. The third kappa shape index (κ3) is 2.98. The van der Waals surface area contributed by atoms with Crippen LogP contribution in [-0.4, -0.2) is 50.4 Å². The van der Waals surface area contributed by atoms with Gasteiger partial charge in [-0.05, 0) is 24.3 Å². The van der Waals surface area contributed by atoms with Gasteiger partial charge in [-0.15, -0.1) is 0 Å². The number of carbonyl (C=O) groups is 2. The first-order chi connectivity index (χ1) is 10.9. The van der Waals surface area contributed by atoms with Gasteiger partial charge in [0, 0.05) is 23.6 Å². The van der Waals surface area contributed by atoms with Gasteiger partial charge in [0.15, 0.2) is 5.69 Å². The zero-order chi connectivity index (χ0) is 16.6. The number of carbonyl (C=O) groups excluding carboxylic acids is 1. The van der Waals surface area contributed by atoms with E-state index in [4.69, 9.17) is 5.11 Å². The second kappa shape index (κ2) is 5.77. The maximum Gasteiger partial charge on any atom is 0.343 e. The summed E-state index contributed by atoms with van der Waals surface area (Å²) in [6, 6.07) is 8.92. The van der Waals surface area contributed by atoms with E-state index in [-0.39, 0.29) is 18.7 Å². The Hall–Kier alpha value is -2.22. The normalized spacial score (nSPS) is 20.7. The summed E-state index contributed by atoms with van der Waals surface area (Å²) in [4.78, 5) is 24.4. The first kappa shape index (κ1) is 15.7. The lowest BCUT2D eigenvalue weighted by Gasteiger charge is -2.16. The molecular formula is C15H13BrFN3O3. The van der Waals surface area contributed by atoms with Gasteiger partial charge in [-0.2, -0.15) is 5.10 Å². The van der Waals surface area contributed by atoms with Crippen LogP contribution in [0.5, 0.6) is 0 Å². The highest BCUT2D eigenvalue weighted by Crippen LogP contribution is 2.27. The number of alkyl halides is 1. The van der Waals surface area contributed by atoms with Crippen molar-refractivity contribution < 1.29 is 19.1 Å². The Morgan fingerprint density at radius 2 is 2.13 bits per heavy atom. The van der Waals surface area contributed by atoms with Crippen molar-refractivity contribution in [1.29, 1.82) is 0 Å². The summed E-state index contributed by atoms with van der Waals surface area (Å²) in [7, 11) is 0. The number of benzene rings is 1. The molecule has 0 radical (unpaired) electrons. The molecule has 1 amide bonds. The summed E-state index contributed by atoms with van der Waals surface area (Å²) < 4.78 is 16.5. The molecule has 1 unspecified atom stereocenters. The monoisotopic (exact) mass is 381 g/mol. The number of hydrogen-bond donors (Lipinski definition) is 1. The molecule has 0 bridgehead atoms. The summed E-state index contributed by atoms with van der Waals surface area (Å²) >= 11 is 3.36. The zero-order valence-electron chi connectivity index (χ0n) is 11.9. The summed E-state index contributed by atoms with van der Waals surface area (Å²) in [5.41, 5.74) is -1.45. The summed E-state index contributed by atoms with van der Waals surface area (Å²) in [6.07, 6.45) is 1.42. The number of amides is 1. The molecule has 1 aliphatic heterocycles. The molecule has 6 nitrogen and oxygen atoms in total. The minimum atomic E-state index is -2.37. The van der Waals surface area contributed by atoms with Gasteiger partial charge in [0.05, 0.1) is 12.2 Å². The maximum atomic E-state index is 14.1. The Morgan fingerprint density at radius 3 is 2.78 bits per heavy atom. The Kier molecular flexibility index (Phi) is 3.93. The molecule has 1 aliphatic rings. The van der Waals surface area contributed by atoms with Crippen LogP contribution < -0.4 is 0 Å². The van der Waals surface area contributed by atoms with Crippen molar-refractivity contribution in [2.24, 2.45) is 0 Å². The van der Waals surface area contributed by atoms with E-state index < -0.39 is 24.1 Å². The largest absolute Gasteiger partial charge is 0.479 e. The van der Waals surface area contributed by atoms with Gasteiger partial charge in [0.1, 0.15) is 0 Å². The zero-order valence-corrected chi connectivity index (χ0v) is 13.5. The van der Waals surface area contributed by atoms with E-state index in [1.54, 1.807) is 6.20 Å². The predicted octanol–water partition coefficient (Wildman–Crippen LogP) is 2.27. The predicted molar refractivity (Wildman–Crippen MR) is 83.3 cm³/mol. The molecule has 23 heavy (non-hydrogen) atoms. The van der Waals surface area contributed by atoms with Gasteiger partial charge in [0.25, 0.3) is 5.91 Å². The van der Waals surface area contributed by atoms with Crippen LogP contribution in [0.4, 0.5) is 4.39 Å². The number of nitrogens with zero attached hydrogens (tertiary/aromatic N) is 3. The standard InChI is InChI=1S/C15H13BrFN3O3/c16-10-2-1-3-11(8-10)20-6-4-12(18-20)13(21)19-7-5-15(17,9-19)14(22)23/h1-4,6,8H,5,7,9H2,(H,22,23). The fourth-order valence-corrected chi connectivity index (χ4v) is 2.87. The SMILES string of the molecule is O=C(c1ccn(-c2cccc(Br)c2)n1)N1CCC(F)(C(=O)O)C1. The minimum Gasteiger partial charge on any atom is -0.479 e. The van der Waals surface area contributed by atoms with Crippen LogP contribution in [0, 0.1) is 0 Å². The van der Waals surface area contributed by atoms with Gasteiger partial charge >= 0.3 is 5.97 Å². The van der Waals surface area contributed by atoms with Crippen LogP contribution in [0.3, 0.4) is 0 Å². The van der Waals surface area contributed by atoms with E-state index in [0.29, 0.717) is 0 Å². The Balaban J connectivity index is 1.79. The van der Waals surface area contributed by atoms with E-state index in [1.807, 2.05) is 24.3 Å². The number of rotatable bonds is 3. The van der Waals surface area contributed by atoms with Gasteiger partial charge < -0.3 is 10.0 Å². The van der Waals surface area contributed by atoms with Crippen LogP contribution >= 0.6 is 15.9 Å². The molecule has 1 fully saturated rings. The molecule has 2 aromatic rings. The Morgan fingerprint density at radius 1 is 1.35 bits per heavy atom. The fourth-order valence-electron chi connectivity index (χ4n) is 2.48. The second-order valence-electron chi connectivity index (χ2n) is 5.37. The number of aromatic nitrogens is 2. The van der Waals surface area contributed by atoms with Crippen LogP contribution in [0.1, 0.15) is 16.9 Å². The molecule has 3 rings (SSSR count). The lowest BCUT2D eigenvalue weighted by atomic mass is 10.1. The van der Waals surface area contributed by atoms with E-state index in [1.165, 1.54) is 15.6 Å². The molecule has 1 atom stereocenters. The van der Waals surface area contributed by atoms with Crippen molar-refractivity contribution in [3.8, 4) is 5.69 Å². The number of likely N-dealkylation sites (tertiary alicyclic amines) is 1. The van der Waals surface area contributed by atoms with Crippen molar-refractivity contribution in [2.75, 3.05) is 13.1 Å². The van der Waals surface area contributed by atoms with Crippen molar-refractivity contribution in [1.82, 2.24) is 14.7 Å². The Bertz CT molecular complexity index is 779. The molecule has 1 aromatic heterocycles. The molecule has 0 spiro atoms. The molecule has 0 saturated carbocycles. The molecule has 120 valence electrons. The molecule has 1 aromatic carbocycles. The second-order valence-corrected chi connectivity index (χ2v) is 6.29. The van der Waals surface area contributed by atoms with Crippen LogP contribution in [-0.2, 0) is 4.79 Å². The number of aliphatic carboxylic acids is 1. The lowest BCUT2D eigenvalue weighted by Crippen LogP contribution is -2.39. The average molecular weight is 382 g/mol. The van der Waals surface area contributed by atoms with Crippen molar-refractivity contribution in [3.63, 3.8) is 0 Å². The van der Waals surface area contributed by atoms with Gasteiger partial charge in [0.2, 0.25) is 5.67 Å². The van der Waals surface area contributed by atoms with Crippen LogP contribution in [0.25, 0.3) is 5.69 Å². The Labute approximate surface area is 139 Å². The molecule has 8 heteroatoms. The number of hydrogen-bond acceptors (Lipinski definition) is 3. The van der Waals surface area contributed by atoms with E-state index >= 15 is 0 Å². The van der Waals surface area contributed by atoms with Gasteiger partial charge in [-0.3, -0.25) is 4.79 Å². The smallest absolute Gasteiger partial charge is 0.343 e. The third-order valence-electron chi connectivity index (χ3n) is 3.77. The molecule has 2 heterocycles. The van der Waals surface area contributed by atoms with E-state index in [0.717, 1.165) is 10.2 Å². The number of halogens is 2. The molecule has 0 aliphatic carbocycles. The fraction of sp³-hybridized carbons (Fsp3) is 0.267. The number of carboxylic acids is 1. The topological polar surface area (TPSA) is 75.4 Å². The van der Waals surface area contributed by atoms with Gasteiger partial charge in [-0.25, -0.2) is 13.9 Å². The first-order valence-electron chi connectivity index (χ1n) is 6.92. The van der Waals surface area contributed by atoms with Crippen LogP contribution in [0.2, 0.25) is 0 Å². The summed E-state index contributed by atoms with van der Waals surface area (Å²) in [5, 5.41) is 13.1. The highest BCUT2D eigenvalue weighted by molar-refractivity contribution is 9.10. The van der Waals surface area contributed by atoms with E-state index in [9.17, 15) is 14.0 Å². The van der Waals surface area contributed by atoms with Gasteiger partial charge in [-0.1, -0.05) is 22.0 Å².